The van der Waals surface area contributed by atoms with Crippen molar-refractivity contribution >= 4 is 40.9 Å². The summed E-state index contributed by atoms with van der Waals surface area (Å²) in [5.41, 5.74) is 2.13. The minimum Gasteiger partial charge on any atom is -0.459 e. The fourth-order valence-corrected chi connectivity index (χ4v) is 2.27. The van der Waals surface area contributed by atoms with Gasteiger partial charge < -0.3 is 15.1 Å². The van der Waals surface area contributed by atoms with Gasteiger partial charge in [-0.15, -0.1) is 24.0 Å². The topological polar surface area (TPSA) is 49.6 Å². The van der Waals surface area contributed by atoms with Crippen LogP contribution >= 0.6 is 24.0 Å². The Labute approximate surface area is 142 Å². The highest BCUT2D eigenvalue weighted by Crippen LogP contribution is 2.25. The van der Waals surface area contributed by atoms with Gasteiger partial charge in [0.25, 0.3) is 0 Å². The normalized spacial score (nSPS) is 14.9. The lowest BCUT2D eigenvalue weighted by atomic mass is 10.1. The van der Waals surface area contributed by atoms with E-state index in [0.29, 0.717) is 12.6 Å². The molecular formula is C16H22IN3O. The molecule has 1 aliphatic carbocycles. The van der Waals surface area contributed by atoms with Gasteiger partial charge in [-0.1, -0.05) is 18.2 Å². The molecule has 2 N–H and O–H groups in total. The molecule has 2 aromatic rings. The molecule has 0 radical (unpaired) electrons. The van der Waals surface area contributed by atoms with Crippen LogP contribution in [0.4, 0.5) is 0 Å². The second kappa shape index (κ2) is 7.15. The lowest BCUT2D eigenvalue weighted by Gasteiger charge is -2.09. The molecule has 0 amide bonds. The zero-order valence-electron chi connectivity index (χ0n) is 12.5. The fraction of sp³-hybridized carbons (Fsp3) is 0.438. The third kappa shape index (κ3) is 3.90. The molecule has 1 aromatic heterocycles. The Kier molecular flexibility index (Phi) is 5.50. The van der Waals surface area contributed by atoms with Gasteiger partial charge in [-0.05, 0) is 32.8 Å². The number of aliphatic imine (C=N–C) groups is 1. The summed E-state index contributed by atoms with van der Waals surface area (Å²) in [7, 11) is 0. The Morgan fingerprint density at radius 2 is 2.10 bits per heavy atom. The van der Waals surface area contributed by atoms with Crippen molar-refractivity contribution in [3.05, 3.63) is 35.6 Å². The van der Waals surface area contributed by atoms with E-state index in [9.17, 15) is 0 Å². The van der Waals surface area contributed by atoms with E-state index < -0.39 is 0 Å². The van der Waals surface area contributed by atoms with Crippen molar-refractivity contribution in [2.45, 2.75) is 39.3 Å². The highest BCUT2D eigenvalue weighted by Gasteiger charge is 2.22. The molecule has 1 aromatic carbocycles. The van der Waals surface area contributed by atoms with Crippen molar-refractivity contribution in [1.82, 2.24) is 10.6 Å². The molecule has 1 fully saturated rings. The third-order valence-electron chi connectivity index (χ3n) is 3.59. The number of benzene rings is 1. The van der Waals surface area contributed by atoms with Crippen LogP contribution in [0.2, 0.25) is 0 Å². The van der Waals surface area contributed by atoms with Crippen molar-refractivity contribution in [3.63, 3.8) is 0 Å². The van der Waals surface area contributed by atoms with E-state index in [-0.39, 0.29) is 24.0 Å². The van der Waals surface area contributed by atoms with E-state index in [0.717, 1.165) is 23.8 Å². The van der Waals surface area contributed by atoms with Crippen LogP contribution in [0, 0.1) is 6.92 Å². The summed E-state index contributed by atoms with van der Waals surface area (Å²) >= 11 is 0. The molecular weight excluding hydrogens is 377 g/mol. The average molecular weight is 399 g/mol. The number of fused-ring (bicyclic) bond motifs is 1. The predicted molar refractivity (Wildman–Crippen MR) is 97.3 cm³/mol. The van der Waals surface area contributed by atoms with E-state index in [1.165, 1.54) is 23.8 Å². The summed E-state index contributed by atoms with van der Waals surface area (Å²) in [4.78, 5) is 4.62. The Bertz CT molecular complexity index is 631. The maximum atomic E-state index is 5.89. The standard InChI is InChI=1S/C16H21N3O.HI/c1-3-17-16(19-12-8-9-12)18-10-15-11(2)13-6-4-5-7-14(13)20-15;/h4-7,12H,3,8-10H2,1-2H3,(H2,17,18,19);1H. The van der Waals surface area contributed by atoms with Crippen LogP contribution < -0.4 is 10.6 Å². The van der Waals surface area contributed by atoms with Crippen LogP contribution in [0.5, 0.6) is 0 Å². The first-order valence-electron chi connectivity index (χ1n) is 7.29. The summed E-state index contributed by atoms with van der Waals surface area (Å²) in [5, 5.41) is 7.87. The molecule has 1 heterocycles. The largest absolute Gasteiger partial charge is 0.459 e. The summed E-state index contributed by atoms with van der Waals surface area (Å²) in [5.74, 6) is 1.83. The number of aryl methyl sites for hydroxylation is 1. The Balaban J connectivity index is 0.00000161. The fourth-order valence-electron chi connectivity index (χ4n) is 2.27. The number of rotatable bonds is 4. The minimum absolute atomic E-state index is 0. The maximum Gasteiger partial charge on any atom is 0.191 e. The zero-order valence-corrected chi connectivity index (χ0v) is 14.8. The van der Waals surface area contributed by atoms with Gasteiger partial charge in [0, 0.05) is 23.5 Å². The van der Waals surface area contributed by atoms with E-state index in [4.69, 9.17) is 4.42 Å². The predicted octanol–water partition coefficient (Wildman–Crippen LogP) is 3.58. The molecule has 1 saturated carbocycles. The first kappa shape index (κ1) is 16.1. The van der Waals surface area contributed by atoms with Crippen LogP contribution in [-0.2, 0) is 6.54 Å². The molecule has 21 heavy (non-hydrogen) atoms. The van der Waals surface area contributed by atoms with Gasteiger partial charge in [-0.25, -0.2) is 4.99 Å². The van der Waals surface area contributed by atoms with Crippen molar-refractivity contribution in [1.29, 1.82) is 0 Å². The van der Waals surface area contributed by atoms with Crippen molar-refractivity contribution < 1.29 is 4.42 Å². The van der Waals surface area contributed by atoms with Crippen molar-refractivity contribution in [3.8, 4) is 0 Å². The van der Waals surface area contributed by atoms with Crippen LogP contribution in [0.3, 0.4) is 0 Å². The van der Waals surface area contributed by atoms with Crippen LogP contribution in [0.1, 0.15) is 31.1 Å². The summed E-state index contributed by atoms with van der Waals surface area (Å²) in [6, 6.07) is 8.73. The molecule has 0 atom stereocenters. The van der Waals surface area contributed by atoms with E-state index in [1.54, 1.807) is 0 Å². The van der Waals surface area contributed by atoms with Gasteiger partial charge in [0.15, 0.2) is 5.96 Å². The quantitative estimate of drug-likeness (QED) is 0.470. The first-order valence-corrected chi connectivity index (χ1v) is 7.29. The molecule has 1 aliphatic rings. The van der Waals surface area contributed by atoms with Crippen molar-refractivity contribution in [2.24, 2.45) is 4.99 Å². The smallest absolute Gasteiger partial charge is 0.191 e. The van der Waals surface area contributed by atoms with E-state index >= 15 is 0 Å². The molecule has 3 rings (SSSR count). The number of furan rings is 1. The van der Waals surface area contributed by atoms with Gasteiger partial charge in [-0.3, -0.25) is 0 Å². The number of guanidine groups is 1. The number of halogens is 1. The molecule has 5 heteroatoms. The minimum atomic E-state index is 0. The average Bonchev–Trinajstić information content (AvgIpc) is 3.21. The monoisotopic (exact) mass is 399 g/mol. The van der Waals surface area contributed by atoms with Crippen molar-refractivity contribution in [2.75, 3.05) is 6.54 Å². The van der Waals surface area contributed by atoms with E-state index in [2.05, 4.69) is 35.5 Å². The van der Waals surface area contributed by atoms with Gasteiger partial charge in [0.2, 0.25) is 0 Å². The lowest BCUT2D eigenvalue weighted by Crippen LogP contribution is -2.38. The van der Waals surface area contributed by atoms with Crippen LogP contribution in [0.25, 0.3) is 11.0 Å². The molecule has 0 spiro atoms. The highest BCUT2D eigenvalue weighted by atomic mass is 127. The molecule has 0 unspecified atom stereocenters. The first-order chi connectivity index (χ1) is 9.78. The van der Waals surface area contributed by atoms with E-state index in [1.807, 2.05) is 18.2 Å². The molecule has 4 nitrogen and oxygen atoms in total. The van der Waals surface area contributed by atoms with Crippen LogP contribution in [0.15, 0.2) is 33.7 Å². The Morgan fingerprint density at radius 3 is 2.76 bits per heavy atom. The zero-order chi connectivity index (χ0) is 13.9. The molecule has 114 valence electrons. The van der Waals surface area contributed by atoms with Crippen LogP contribution in [-0.4, -0.2) is 18.5 Å². The lowest BCUT2D eigenvalue weighted by molar-refractivity contribution is 0.548. The Morgan fingerprint density at radius 1 is 1.33 bits per heavy atom. The summed E-state index contributed by atoms with van der Waals surface area (Å²) < 4.78 is 5.89. The summed E-state index contributed by atoms with van der Waals surface area (Å²) in [6.45, 7) is 5.62. The number of hydrogen-bond donors (Lipinski definition) is 2. The second-order valence-electron chi connectivity index (χ2n) is 5.26. The number of hydrogen-bond acceptors (Lipinski definition) is 2. The number of nitrogens with zero attached hydrogens (tertiary/aromatic N) is 1. The van der Waals surface area contributed by atoms with Gasteiger partial charge >= 0.3 is 0 Å². The van der Waals surface area contributed by atoms with Gasteiger partial charge in [0.1, 0.15) is 17.9 Å². The SMILES string of the molecule is CCNC(=NCc1oc2ccccc2c1C)NC1CC1.I. The molecule has 0 aliphatic heterocycles. The number of para-hydroxylation sites is 1. The third-order valence-corrected chi connectivity index (χ3v) is 3.59. The Hall–Kier alpha value is -1.24. The molecule has 0 bridgehead atoms. The number of nitrogens with one attached hydrogen (secondary N) is 2. The van der Waals surface area contributed by atoms with Gasteiger partial charge in [0.05, 0.1) is 0 Å². The van der Waals surface area contributed by atoms with Gasteiger partial charge in [-0.2, -0.15) is 0 Å². The molecule has 0 saturated heterocycles. The maximum absolute atomic E-state index is 5.89. The highest BCUT2D eigenvalue weighted by molar-refractivity contribution is 14.0. The summed E-state index contributed by atoms with van der Waals surface area (Å²) in [6.07, 6.45) is 2.49. The second-order valence-corrected chi connectivity index (χ2v) is 5.26.